The van der Waals surface area contributed by atoms with Gasteiger partial charge in [-0.15, -0.1) is 0 Å². The van der Waals surface area contributed by atoms with Crippen molar-refractivity contribution in [3.8, 4) is 0 Å². The second-order valence-corrected chi connectivity index (χ2v) is 5.85. The number of benzene rings is 2. The van der Waals surface area contributed by atoms with E-state index in [4.69, 9.17) is 0 Å². The highest BCUT2D eigenvalue weighted by atomic mass is 16.4. The third kappa shape index (κ3) is 3.33. The van der Waals surface area contributed by atoms with Crippen LogP contribution in [-0.2, 0) is 23.1 Å². The molecular formula is C19H22O2. The molecule has 0 spiro atoms. The lowest BCUT2D eigenvalue weighted by Gasteiger charge is -2.26. The Balaban J connectivity index is 2.36. The lowest BCUT2D eigenvalue weighted by atomic mass is 9.77. The molecule has 1 atom stereocenters. The normalized spacial score (nSPS) is 13.7. The van der Waals surface area contributed by atoms with E-state index < -0.39 is 11.4 Å². The summed E-state index contributed by atoms with van der Waals surface area (Å²) < 4.78 is 0. The molecule has 21 heavy (non-hydrogen) atoms. The Labute approximate surface area is 126 Å². The molecule has 0 radical (unpaired) electrons. The Hall–Kier alpha value is -2.09. The number of aliphatic carboxylic acids is 1. The highest BCUT2D eigenvalue weighted by Gasteiger charge is 2.35. The zero-order valence-corrected chi connectivity index (χ0v) is 12.9. The molecule has 0 fully saturated rings. The Morgan fingerprint density at radius 1 is 1.10 bits per heavy atom. The molecule has 1 N–H and O–H groups in total. The Morgan fingerprint density at radius 2 is 1.71 bits per heavy atom. The van der Waals surface area contributed by atoms with E-state index in [9.17, 15) is 9.90 Å². The molecule has 2 aromatic carbocycles. The fourth-order valence-electron chi connectivity index (χ4n) is 2.59. The SMILES string of the molecule is CCc1ccc(CC(C)(C(=O)O)c2cccc(C)c2)cc1. The number of rotatable bonds is 5. The molecule has 2 heteroatoms. The molecule has 0 amide bonds. The molecule has 0 bridgehead atoms. The first-order valence-electron chi connectivity index (χ1n) is 7.34. The Morgan fingerprint density at radius 3 is 2.24 bits per heavy atom. The maximum atomic E-state index is 11.9. The summed E-state index contributed by atoms with van der Waals surface area (Å²) in [5, 5.41) is 9.74. The Bertz CT molecular complexity index is 628. The summed E-state index contributed by atoms with van der Waals surface area (Å²) in [5.41, 5.74) is 3.36. The van der Waals surface area contributed by atoms with Crippen LogP contribution in [0.1, 0.15) is 36.1 Å². The topological polar surface area (TPSA) is 37.3 Å². The van der Waals surface area contributed by atoms with E-state index in [-0.39, 0.29) is 0 Å². The van der Waals surface area contributed by atoms with Gasteiger partial charge in [-0.2, -0.15) is 0 Å². The highest BCUT2D eigenvalue weighted by molar-refractivity contribution is 5.81. The molecule has 0 aromatic heterocycles. The van der Waals surface area contributed by atoms with Crippen molar-refractivity contribution >= 4 is 5.97 Å². The van der Waals surface area contributed by atoms with E-state index in [0.717, 1.165) is 23.1 Å². The van der Waals surface area contributed by atoms with Crippen LogP contribution in [0.5, 0.6) is 0 Å². The second-order valence-electron chi connectivity index (χ2n) is 5.85. The van der Waals surface area contributed by atoms with Crippen LogP contribution < -0.4 is 0 Å². The molecule has 0 aliphatic heterocycles. The van der Waals surface area contributed by atoms with Gasteiger partial charge in [0.05, 0.1) is 5.41 Å². The number of carboxylic acid groups (broad SMARTS) is 1. The van der Waals surface area contributed by atoms with Crippen molar-refractivity contribution in [1.29, 1.82) is 0 Å². The van der Waals surface area contributed by atoms with E-state index in [1.807, 2.05) is 43.3 Å². The molecule has 2 aromatic rings. The summed E-state index contributed by atoms with van der Waals surface area (Å²) >= 11 is 0. The zero-order valence-electron chi connectivity index (χ0n) is 12.9. The van der Waals surface area contributed by atoms with E-state index in [2.05, 4.69) is 19.1 Å². The fraction of sp³-hybridized carbons (Fsp3) is 0.316. The van der Waals surface area contributed by atoms with Gasteiger partial charge in [0.15, 0.2) is 0 Å². The molecular weight excluding hydrogens is 260 g/mol. The van der Waals surface area contributed by atoms with Gasteiger partial charge in [0.1, 0.15) is 0 Å². The first-order valence-corrected chi connectivity index (χ1v) is 7.34. The maximum absolute atomic E-state index is 11.9. The third-order valence-electron chi connectivity index (χ3n) is 4.12. The van der Waals surface area contributed by atoms with Crippen molar-refractivity contribution in [1.82, 2.24) is 0 Å². The quantitative estimate of drug-likeness (QED) is 0.894. The van der Waals surface area contributed by atoms with E-state index in [0.29, 0.717) is 6.42 Å². The molecule has 1 unspecified atom stereocenters. The minimum Gasteiger partial charge on any atom is -0.481 e. The van der Waals surface area contributed by atoms with Gasteiger partial charge in [-0.25, -0.2) is 0 Å². The summed E-state index contributed by atoms with van der Waals surface area (Å²) in [4.78, 5) is 11.9. The van der Waals surface area contributed by atoms with Gasteiger partial charge in [0, 0.05) is 0 Å². The number of hydrogen-bond acceptors (Lipinski definition) is 1. The fourth-order valence-corrected chi connectivity index (χ4v) is 2.59. The molecule has 2 rings (SSSR count). The number of carbonyl (C=O) groups is 1. The van der Waals surface area contributed by atoms with E-state index in [1.54, 1.807) is 6.92 Å². The predicted octanol–water partition coefficient (Wildman–Crippen LogP) is 4.14. The molecule has 110 valence electrons. The van der Waals surface area contributed by atoms with Crippen LogP contribution in [0.4, 0.5) is 0 Å². The van der Waals surface area contributed by atoms with Crippen LogP contribution in [0.2, 0.25) is 0 Å². The maximum Gasteiger partial charge on any atom is 0.314 e. The van der Waals surface area contributed by atoms with Gasteiger partial charge in [-0.3, -0.25) is 4.79 Å². The first-order chi connectivity index (χ1) is 9.95. The van der Waals surface area contributed by atoms with Gasteiger partial charge in [-0.1, -0.05) is 61.0 Å². The van der Waals surface area contributed by atoms with Gasteiger partial charge >= 0.3 is 5.97 Å². The minimum absolute atomic E-state index is 0.496. The van der Waals surface area contributed by atoms with Gasteiger partial charge in [0.2, 0.25) is 0 Å². The zero-order chi connectivity index (χ0) is 15.5. The minimum atomic E-state index is -0.903. The summed E-state index contributed by atoms with van der Waals surface area (Å²) in [5.74, 6) is -0.785. The van der Waals surface area contributed by atoms with Crippen LogP contribution in [0.3, 0.4) is 0 Å². The largest absolute Gasteiger partial charge is 0.481 e. The highest BCUT2D eigenvalue weighted by Crippen LogP contribution is 2.29. The van der Waals surface area contributed by atoms with Gasteiger partial charge in [0.25, 0.3) is 0 Å². The van der Waals surface area contributed by atoms with Crippen molar-refractivity contribution < 1.29 is 9.90 Å². The first kappa shape index (κ1) is 15.3. The van der Waals surface area contributed by atoms with Crippen molar-refractivity contribution in [3.05, 3.63) is 70.8 Å². The molecule has 0 saturated carbocycles. The smallest absolute Gasteiger partial charge is 0.314 e. The second kappa shape index (κ2) is 6.13. The average Bonchev–Trinajstić information content (AvgIpc) is 2.47. The molecule has 0 aliphatic rings. The van der Waals surface area contributed by atoms with Crippen LogP contribution in [0.25, 0.3) is 0 Å². The summed E-state index contributed by atoms with van der Waals surface area (Å²) in [6, 6.07) is 16.0. The van der Waals surface area contributed by atoms with Crippen LogP contribution in [0.15, 0.2) is 48.5 Å². The lowest BCUT2D eigenvalue weighted by molar-refractivity contribution is -0.143. The van der Waals surface area contributed by atoms with Crippen molar-refractivity contribution in [2.45, 2.75) is 39.0 Å². The molecule has 0 aliphatic carbocycles. The summed E-state index contributed by atoms with van der Waals surface area (Å²) in [6.45, 7) is 5.91. The van der Waals surface area contributed by atoms with E-state index >= 15 is 0 Å². The van der Waals surface area contributed by atoms with Gasteiger partial charge in [-0.05, 0) is 43.4 Å². The van der Waals surface area contributed by atoms with Crippen molar-refractivity contribution in [2.24, 2.45) is 0 Å². The standard InChI is InChI=1S/C19H22O2/c1-4-15-8-10-16(11-9-15)13-19(3,18(20)21)17-7-5-6-14(2)12-17/h5-12H,4,13H2,1-3H3,(H,20,21). The van der Waals surface area contributed by atoms with Crippen molar-refractivity contribution in [3.63, 3.8) is 0 Å². The molecule has 2 nitrogen and oxygen atoms in total. The molecule has 0 heterocycles. The average molecular weight is 282 g/mol. The summed E-state index contributed by atoms with van der Waals surface area (Å²) in [7, 11) is 0. The predicted molar refractivity (Wildman–Crippen MR) is 85.7 cm³/mol. The van der Waals surface area contributed by atoms with Crippen LogP contribution in [-0.4, -0.2) is 11.1 Å². The number of hydrogen-bond donors (Lipinski definition) is 1. The monoisotopic (exact) mass is 282 g/mol. The number of carboxylic acids is 1. The lowest BCUT2D eigenvalue weighted by Crippen LogP contribution is -2.34. The Kier molecular flexibility index (Phi) is 4.46. The van der Waals surface area contributed by atoms with Gasteiger partial charge < -0.3 is 5.11 Å². The van der Waals surface area contributed by atoms with Crippen LogP contribution >= 0.6 is 0 Å². The molecule has 0 saturated heterocycles. The van der Waals surface area contributed by atoms with Crippen LogP contribution in [0, 0.1) is 6.92 Å². The van der Waals surface area contributed by atoms with E-state index in [1.165, 1.54) is 5.56 Å². The van der Waals surface area contributed by atoms with Crippen molar-refractivity contribution in [2.75, 3.05) is 0 Å². The summed E-state index contributed by atoms with van der Waals surface area (Å²) in [6.07, 6.45) is 1.49. The third-order valence-corrected chi connectivity index (χ3v) is 4.12. The number of aryl methyl sites for hydroxylation is 2.